The van der Waals surface area contributed by atoms with Gasteiger partial charge in [0.1, 0.15) is 12.7 Å². The summed E-state index contributed by atoms with van der Waals surface area (Å²) in [7, 11) is 0. The molecule has 23 heavy (non-hydrogen) atoms. The highest BCUT2D eigenvalue weighted by Crippen LogP contribution is 2.27. The van der Waals surface area contributed by atoms with E-state index in [0.717, 1.165) is 25.7 Å². The molecule has 8 heteroatoms. The molecule has 0 bridgehead atoms. The van der Waals surface area contributed by atoms with Crippen molar-refractivity contribution < 1.29 is 4.79 Å². The molecule has 8 nitrogen and oxygen atoms in total. The lowest BCUT2D eigenvalue weighted by Gasteiger charge is -2.28. The highest BCUT2D eigenvalue weighted by Gasteiger charge is 2.24. The van der Waals surface area contributed by atoms with Gasteiger partial charge in [0.05, 0.1) is 6.04 Å². The minimum atomic E-state index is -0.139. The van der Waals surface area contributed by atoms with Crippen molar-refractivity contribution in [3.63, 3.8) is 0 Å². The highest BCUT2D eigenvalue weighted by molar-refractivity contribution is 5.93. The van der Waals surface area contributed by atoms with Crippen LogP contribution in [-0.2, 0) is 0 Å². The third-order valence-corrected chi connectivity index (χ3v) is 4.31. The normalized spacial score (nSPS) is 21.4. The maximum absolute atomic E-state index is 12.4. The van der Waals surface area contributed by atoms with Crippen molar-refractivity contribution in [2.24, 2.45) is 0 Å². The van der Waals surface area contributed by atoms with Crippen LogP contribution in [0.2, 0.25) is 0 Å². The SMILES string of the molecule is O=C(NC1CCC(n2cncn2)CC1)c1cc2ncccn2n1. The summed E-state index contributed by atoms with van der Waals surface area (Å²) in [6.07, 6.45) is 10.6. The molecule has 1 fully saturated rings. The fourth-order valence-corrected chi connectivity index (χ4v) is 3.09. The molecule has 1 saturated carbocycles. The molecule has 1 aliphatic carbocycles. The van der Waals surface area contributed by atoms with Crippen molar-refractivity contribution in [2.75, 3.05) is 0 Å². The summed E-state index contributed by atoms with van der Waals surface area (Å²) in [5, 5.41) is 11.5. The number of carbonyl (C=O) groups excluding carboxylic acids is 1. The van der Waals surface area contributed by atoms with Crippen LogP contribution in [0.3, 0.4) is 0 Å². The largest absolute Gasteiger partial charge is 0.348 e. The fraction of sp³-hybridized carbons (Fsp3) is 0.400. The number of carbonyl (C=O) groups is 1. The van der Waals surface area contributed by atoms with Crippen molar-refractivity contribution in [1.82, 2.24) is 34.7 Å². The Morgan fingerprint density at radius 3 is 2.87 bits per heavy atom. The molecule has 3 heterocycles. The minimum Gasteiger partial charge on any atom is -0.348 e. The van der Waals surface area contributed by atoms with Gasteiger partial charge in [-0.25, -0.2) is 19.2 Å². The van der Waals surface area contributed by atoms with Crippen molar-refractivity contribution >= 4 is 11.6 Å². The van der Waals surface area contributed by atoms with Crippen LogP contribution in [-0.4, -0.2) is 41.3 Å². The number of hydrogen-bond acceptors (Lipinski definition) is 5. The second-order valence-electron chi connectivity index (χ2n) is 5.81. The smallest absolute Gasteiger partial charge is 0.272 e. The molecule has 0 aliphatic heterocycles. The van der Waals surface area contributed by atoms with Gasteiger partial charge in [-0.15, -0.1) is 0 Å². The van der Waals surface area contributed by atoms with Crippen molar-refractivity contribution in [3.8, 4) is 0 Å². The van der Waals surface area contributed by atoms with Crippen LogP contribution < -0.4 is 5.32 Å². The van der Waals surface area contributed by atoms with Crippen LogP contribution in [0, 0.1) is 0 Å². The van der Waals surface area contributed by atoms with E-state index in [4.69, 9.17) is 0 Å². The van der Waals surface area contributed by atoms with E-state index in [0.29, 0.717) is 17.4 Å². The minimum absolute atomic E-state index is 0.139. The van der Waals surface area contributed by atoms with Gasteiger partial charge in [0.15, 0.2) is 11.3 Å². The molecule has 0 radical (unpaired) electrons. The molecule has 0 unspecified atom stereocenters. The third kappa shape index (κ3) is 2.79. The zero-order chi connectivity index (χ0) is 15.6. The van der Waals surface area contributed by atoms with Gasteiger partial charge in [0.2, 0.25) is 0 Å². The quantitative estimate of drug-likeness (QED) is 0.786. The summed E-state index contributed by atoms with van der Waals surface area (Å²) in [6, 6.07) is 4.05. The molecule has 1 aliphatic rings. The first-order valence-electron chi connectivity index (χ1n) is 7.75. The number of amides is 1. The zero-order valence-electron chi connectivity index (χ0n) is 12.5. The van der Waals surface area contributed by atoms with E-state index in [1.807, 2.05) is 4.68 Å². The van der Waals surface area contributed by atoms with E-state index in [1.165, 1.54) is 0 Å². The van der Waals surface area contributed by atoms with Crippen molar-refractivity contribution in [3.05, 3.63) is 42.9 Å². The molecule has 3 aromatic heterocycles. The number of aromatic nitrogens is 6. The molecule has 118 valence electrons. The lowest BCUT2D eigenvalue weighted by atomic mass is 9.91. The average molecular weight is 311 g/mol. The van der Waals surface area contributed by atoms with Crippen molar-refractivity contribution in [1.29, 1.82) is 0 Å². The maximum Gasteiger partial charge on any atom is 0.272 e. The average Bonchev–Trinajstić information content (AvgIpc) is 3.25. The highest BCUT2D eigenvalue weighted by atomic mass is 16.2. The van der Waals surface area contributed by atoms with Gasteiger partial charge < -0.3 is 5.32 Å². The lowest BCUT2D eigenvalue weighted by Crippen LogP contribution is -2.38. The zero-order valence-corrected chi connectivity index (χ0v) is 12.5. The predicted octanol–water partition coefficient (Wildman–Crippen LogP) is 1.23. The van der Waals surface area contributed by atoms with E-state index in [1.54, 1.807) is 41.7 Å². The van der Waals surface area contributed by atoms with Crippen LogP contribution >= 0.6 is 0 Å². The number of fused-ring (bicyclic) bond motifs is 1. The van der Waals surface area contributed by atoms with Crippen LogP contribution in [0.1, 0.15) is 42.2 Å². The first kappa shape index (κ1) is 13.9. The Morgan fingerprint density at radius 2 is 2.13 bits per heavy atom. The Kier molecular flexibility index (Phi) is 3.49. The summed E-state index contributed by atoms with van der Waals surface area (Å²) in [5.41, 5.74) is 1.08. The van der Waals surface area contributed by atoms with Crippen LogP contribution in [0.25, 0.3) is 5.65 Å². The summed E-state index contributed by atoms with van der Waals surface area (Å²) in [4.78, 5) is 20.5. The second kappa shape index (κ2) is 5.79. The molecule has 3 aromatic rings. The molecule has 1 N–H and O–H groups in total. The van der Waals surface area contributed by atoms with Crippen LogP contribution in [0.4, 0.5) is 0 Å². The Morgan fingerprint density at radius 1 is 1.26 bits per heavy atom. The van der Waals surface area contributed by atoms with E-state index in [2.05, 4.69) is 25.5 Å². The summed E-state index contributed by atoms with van der Waals surface area (Å²) >= 11 is 0. The molecule has 0 saturated heterocycles. The van der Waals surface area contributed by atoms with Gasteiger partial charge in [-0.2, -0.15) is 10.2 Å². The summed E-state index contributed by atoms with van der Waals surface area (Å²) in [5.74, 6) is -0.139. The van der Waals surface area contributed by atoms with Gasteiger partial charge in [0, 0.05) is 24.5 Å². The Labute approximate surface area is 132 Å². The van der Waals surface area contributed by atoms with E-state index in [-0.39, 0.29) is 11.9 Å². The second-order valence-corrected chi connectivity index (χ2v) is 5.81. The van der Waals surface area contributed by atoms with Gasteiger partial charge >= 0.3 is 0 Å². The van der Waals surface area contributed by atoms with Gasteiger partial charge in [-0.1, -0.05) is 0 Å². The molecule has 0 spiro atoms. The monoisotopic (exact) mass is 311 g/mol. The molecular weight excluding hydrogens is 294 g/mol. The molecule has 0 aromatic carbocycles. The molecular formula is C15H17N7O. The molecule has 1 amide bonds. The molecule has 0 atom stereocenters. The first-order chi connectivity index (χ1) is 11.3. The standard InChI is InChI=1S/C15H17N7O/c23-15(13-8-14-17-6-1-7-21(14)20-13)19-11-2-4-12(5-3-11)22-10-16-9-18-22/h1,6-12H,2-5H2,(H,19,23). The van der Waals surface area contributed by atoms with Gasteiger partial charge in [-0.05, 0) is 31.7 Å². The van der Waals surface area contributed by atoms with Crippen LogP contribution in [0.5, 0.6) is 0 Å². The predicted molar refractivity (Wildman–Crippen MR) is 81.8 cm³/mol. The number of hydrogen-bond donors (Lipinski definition) is 1. The van der Waals surface area contributed by atoms with Crippen molar-refractivity contribution in [2.45, 2.75) is 37.8 Å². The Bertz CT molecular complexity index is 769. The van der Waals surface area contributed by atoms with Gasteiger partial charge in [0.25, 0.3) is 5.91 Å². The number of nitrogens with zero attached hydrogens (tertiary/aromatic N) is 6. The van der Waals surface area contributed by atoms with Gasteiger partial charge in [-0.3, -0.25) is 4.79 Å². The number of nitrogens with one attached hydrogen (secondary N) is 1. The van der Waals surface area contributed by atoms with Crippen LogP contribution in [0.15, 0.2) is 37.2 Å². The lowest BCUT2D eigenvalue weighted by molar-refractivity contribution is 0.0916. The Balaban J connectivity index is 1.38. The maximum atomic E-state index is 12.4. The summed E-state index contributed by atoms with van der Waals surface area (Å²) in [6.45, 7) is 0. The van der Waals surface area contributed by atoms with E-state index >= 15 is 0 Å². The fourth-order valence-electron chi connectivity index (χ4n) is 3.09. The first-order valence-corrected chi connectivity index (χ1v) is 7.75. The Hall–Kier alpha value is -2.77. The molecule has 4 rings (SSSR count). The number of rotatable bonds is 3. The summed E-state index contributed by atoms with van der Waals surface area (Å²) < 4.78 is 3.52. The topological polar surface area (TPSA) is 90.0 Å². The van der Waals surface area contributed by atoms with E-state index in [9.17, 15) is 4.79 Å². The third-order valence-electron chi connectivity index (χ3n) is 4.31. The van der Waals surface area contributed by atoms with E-state index < -0.39 is 0 Å².